The first kappa shape index (κ1) is 17.7. The average molecular weight is 272 g/mol. The lowest BCUT2D eigenvalue weighted by Gasteiger charge is -2.33. The number of carbonyl (C=O) groups is 2. The van der Waals surface area contributed by atoms with Crippen LogP contribution in [-0.4, -0.2) is 40.6 Å². The van der Waals surface area contributed by atoms with E-state index in [2.05, 4.69) is 19.2 Å². The molecule has 0 aromatic rings. The Morgan fingerprint density at radius 1 is 1.11 bits per heavy atom. The summed E-state index contributed by atoms with van der Waals surface area (Å²) >= 11 is 0. The monoisotopic (exact) mass is 272 g/mol. The Morgan fingerprint density at radius 2 is 1.63 bits per heavy atom. The van der Waals surface area contributed by atoms with Gasteiger partial charge in [-0.15, -0.1) is 0 Å². The molecule has 0 spiro atoms. The van der Waals surface area contributed by atoms with Crippen molar-refractivity contribution in [2.75, 3.05) is 6.54 Å². The Kier molecular flexibility index (Phi) is 8.19. The Morgan fingerprint density at radius 3 is 1.95 bits per heavy atom. The lowest BCUT2D eigenvalue weighted by atomic mass is 10.1. The third-order valence-corrected chi connectivity index (χ3v) is 3.21. The molecule has 0 aliphatic carbocycles. The van der Waals surface area contributed by atoms with Crippen molar-refractivity contribution in [3.05, 3.63) is 0 Å². The van der Waals surface area contributed by atoms with Gasteiger partial charge in [-0.05, 0) is 25.2 Å². The van der Waals surface area contributed by atoms with Crippen molar-refractivity contribution < 1.29 is 14.7 Å². The molecule has 2 amide bonds. The summed E-state index contributed by atoms with van der Waals surface area (Å²) in [5.41, 5.74) is 0. The zero-order valence-corrected chi connectivity index (χ0v) is 12.8. The number of aliphatic carboxylic acids is 1. The van der Waals surface area contributed by atoms with Crippen molar-refractivity contribution >= 4 is 12.0 Å². The minimum atomic E-state index is -0.982. The minimum Gasteiger partial charge on any atom is -0.480 e. The van der Waals surface area contributed by atoms with E-state index in [1.165, 1.54) is 0 Å². The van der Waals surface area contributed by atoms with Crippen LogP contribution in [-0.2, 0) is 4.79 Å². The molecule has 0 heterocycles. The van der Waals surface area contributed by atoms with E-state index in [1.54, 1.807) is 11.8 Å². The van der Waals surface area contributed by atoms with E-state index in [1.807, 2.05) is 13.8 Å². The predicted molar refractivity (Wildman–Crippen MR) is 76.2 cm³/mol. The van der Waals surface area contributed by atoms with Gasteiger partial charge < -0.3 is 15.3 Å². The number of nitrogens with zero attached hydrogens (tertiary/aromatic N) is 1. The van der Waals surface area contributed by atoms with Gasteiger partial charge in [0.25, 0.3) is 0 Å². The number of rotatable bonds is 8. The van der Waals surface area contributed by atoms with Crippen LogP contribution in [0.4, 0.5) is 4.79 Å². The highest BCUT2D eigenvalue weighted by Gasteiger charge is 2.25. The largest absolute Gasteiger partial charge is 0.480 e. The number of urea groups is 1. The molecule has 0 saturated heterocycles. The molecule has 1 atom stereocenters. The molecule has 0 saturated carbocycles. The summed E-state index contributed by atoms with van der Waals surface area (Å²) < 4.78 is 0. The minimum absolute atomic E-state index is 0.161. The average Bonchev–Trinajstić information content (AvgIpc) is 2.34. The smallest absolute Gasteiger partial charge is 0.326 e. The summed E-state index contributed by atoms with van der Waals surface area (Å²) in [6.07, 6.45) is 2.14. The fraction of sp³-hybridized carbons (Fsp3) is 0.857. The van der Waals surface area contributed by atoms with Crippen LogP contribution in [0.5, 0.6) is 0 Å². The van der Waals surface area contributed by atoms with Gasteiger partial charge in [-0.1, -0.05) is 34.6 Å². The molecule has 0 bridgehead atoms. The Bertz CT molecular complexity index is 288. The number of nitrogens with one attached hydrogen (secondary N) is 1. The fourth-order valence-electron chi connectivity index (χ4n) is 2.09. The van der Waals surface area contributed by atoms with E-state index in [9.17, 15) is 9.59 Å². The molecular weight excluding hydrogens is 244 g/mol. The van der Waals surface area contributed by atoms with Gasteiger partial charge in [0.05, 0.1) is 0 Å². The molecule has 0 aromatic heterocycles. The van der Waals surface area contributed by atoms with Gasteiger partial charge >= 0.3 is 12.0 Å². The van der Waals surface area contributed by atoms with Crippen molar-refractivity contribution in [3.63, 3.8) is 0 Å². The SMILES string of the molecule is CCC(CC)N(CC(C)C)C(=O)N[C@H](CC)C(=O)O. The second-order valence-corrected chi connectivity index (χ2v) is 5.27. The summed E-state index contributed by atoms with van der Waals surface area (Å²) in [4.78, 5) is 25.0. The van der Waals surface area contributed by atoms with Gasteiger partial charge in [-0.25, -0.2) is 9.59 Å². The van der Waals surface area contributed by atoms with Crippen LogP contribution in [0.1, 0.15) is 53.9 Å². The molecule has 0 fully saturated rings. The van der Waals surface area contributed by atoms with E-state index in [0.717, 1.165) is 12.8 Å². The first-order valence-corrected chi connectivity index (χ1v) is 7.17. The van der Waals surface area contributed by atoms with Crippen LogP contribution in [0, 0.1) is 5.92 Å². The highest BCUT2D eigenvalue weighted by molar-refractivity contribution is 5.82. The Balaban J connectivity index is 4.84. The molecule has 112 valence electrons. The van der Waals surface area contributed by atoms with E-state index < -0.39 is 12.0 Å². The third kappa shape index (κ3) is 5.94. The molecular formula is C14H28N2O3. The van der Waals surface area contributed by atoms with Gasteiger partial charge in [-0.3, -0.25) is 0 Å². The summed E-state index contributed by atoms with van der Waals surface area (Å²) in [5, 5.41) is 11.6. The summed E-state index contributed by atoms with van der Waals surface area (Å²) in [6, 6.07) is -0.915. The van der Waals surface area contributed by atoms with Gasteiger partial charge in [0, 0.05) is 12.6 Å². The fourth-order valence-corrected chi connectivity index (χ4v) is 2.09. The highest BCUT2D eigenvalue weighted by Crippen LogP contribution is 2.12. The molecule has 5 heteroatoms. The quantitative estimate of drug-likeness (QED) is 0.713. The molecule has 19 heavy (non-hydrogen) atoms. The second-order valence-electron chi connectivity index (χ2n) is 5.27. The van der Waals surface area contributed by atoms with Crippen molar-refractivity contribution in [1.29, 1.82) is 0 Å². The molecule has 5 nitrogen and oxygen atoms in total. The van der Waals surface area contributed by atoms with E-state index in [-0.39, 0.29) is 12.1 Å². The van der Waals surface area contributed by atoms with Crippen LogP contribution < -0.4 is 5.32 Å². The number of carboxylic acids is 1. The molecule has 0 radical (unpaired) electrons. The van der Waals surface area contributed by atoms with Crippen LogP contribution in [0.3, 0.4) is 0 Å². The van der Waals surface area contributed by atoms with Crippen LogP contribution in [0.25, 0.3) is 0 Å². The molecule has 0 rings (SSSR count). The number of amides is 2. The lowest BCUT2D eigenvalue weighted by Crippen LogP contribution is -2.52. The van der Waals surface area contributed by atoms with Gasteiger partial charge in [0.1, 0.15) is 6.04 Å². The van der Waals surface area contributed by atoms with Crippen LogP contribution in [0.2, 0.25) is 0 Å². The third-order valence-electron chi connectivity index (χ3n) is 3.21. The molecule has 0 aliphatic heterocycles. The van der Waals surface area contributed by atoms with Gasteiger partial charge in [0.2, 0.25) is 0 Å². The summed E-state index contributed by atoms with van der Waals surface area (Å²) in [6.45, 7) is 10.6. The van der Waals surface area contributed by atoms with Crippen molar-refractivity contribution in [1.82, 2.24) is 10.2 Å². The zero-order chi connectivity index (χ0) is 15.0. The zero-order valence-electron chi connectivity index (χ0n) is 12.8. The predicted octanol–water partition coefficient (Wildman–Crippen LogP) is 2.71. The van der Waals surface area contributed by atoms with Crippen molar-refractivity contribution in [3.8, 4) is 0 Å². The maximum absolute atomic E-state index is 12.3. The molecule has 0 aromatic carbocycles. The molecule has 0 aliphatic rings. The maximum atomic E-state index is 12.3. The van der Waals surface area contributed by atoms with Crippen molar-refractivity contribution in [2.45, 2.75) is 66.0 Å². The highest BCUT2D eigenvalue weighted by atomic mass is 16.4. The first-order valence-electron chi connectivity index (χ1n) is 7.17. The summed E-state index contributed by atoms with van der Waals surface area (Å²) in [7, 11) is 0. The standard InChI is InChI=1S/C14H28N2O3/c1-6-11(7-2)16(9-10(4)5)14(19)15-12(8-3)13(17)18/h10-12H,6-9H2,1-5H3,(H,15,19)(H,17,18)/t12-/m1/s1. The van der Waals surface area contributed by atoms with E-state index in [0.29, 0.717) is 18.9 Å². The Labute approximate surface area is 116 Å². The molecule has 2 N–H and O–H groups in total. The van der Waals surface area contributed by atoms with E-state index in [4.69, 9.17) is 5.11 Å². The van der Waals surface area contributed by atoms with Crippen LogP contribution in [0.15, 0.2) is 0 Å². The van der Waals surface area contributed by atoms with Gasteiger partial charge in [-0.2, -0.15) is 0 Å². The number of carboxylic acid groups (broad SMARTS) is 1. The van der Waals surface area contributed by atoms with Crippen molar-refractivity contribution in [2.24, 2.45) is 5.92 Å². The normalized spacial score (nSPS) is 12.6. The number of hydrogen-bond donors (Lipinski definition) is 2. The molecule has 0 unspecified atom stereocenters. The Hall–Kier alpha value is -1.26. The van der Waals surface area contributed by atoms with Crippen LogP contribution >= 0.6 is 0 Å². The lowest BCUT2D eigenvalue weighted by molar-refractivity contribution is -0.139. The van der Waals surface area contributed by atoms with Gasteiger partial charge in [0.15, 0.2) is 0 Å². The maximum Gasteiger partial charge on any atom is 0.326 e. The second kappa shape index (κ2) is 8.77. The number of hydrogen-bond acceptors (Lipinski definition) is 2. The van der Waals surface area contributed by atoms with E-state index >= 15 is 0 Å². The topological polar surface area (TPSA) is 69.6 Å². The summed E-state index contributed by atoms with van der Waals surface area (Å²) in [5.74, 6) is -0.624. The first-order chi connectivity index (χ1) is 8.87. The number of carbonyl (C=O) groups excluding carboxylic acids is 1.